The molecule has 4 heteroatoms. The van der Waals surface area contributed by atoms with Gasteiger partial charge in [0.15, 0.2) is 0 Å². The molecule has 0 fully saturated rings. The molecule has 3 N–H and O–H groups in total. The average Bonchev–Trinajstić information content (AvgIpc) is 2.70. The van der Waals surface area contributed by atoms with Gasteiger partial charge >= 0.3 is 0 Å². The van der Waals surface area contributed by atoms with Gasteiger partial charge in [-0.15, -0.1) is 0 Å². The number of para-hydroxylation sites is 1. The lowest BCUT2D eigenvalue weighted by Crippen LogP contribution is -2.71. The number of rotatable bonds is 5. The molecule has 0 atom stereocenters. The third-order valence-corrected chi connectivity index (χ3v) is 5.12. The van der Waals surface area contributed by atoms with Crippen molar-refractivity contribution < 1.29 is 5.32 Å². The lowest BCUT2D eigenvalue weighted by molar-refractivity contribution is -0.482. The molecule has 0 saturated heterocycles. The van der Waals surface area contributed by atoms with Gasteiger partial charge in [0.1, 0.15) is 5.69 Å². The first-order valence-electron chi connectivity index (χ1n) is 10.2. The zero-order valence-corrected chi connectivity index (χ0v) is 17.9. The first-order chi connectivity index (χ1) is 14.5. The summed E-state index contributed by atoms with van der Waals surface area (Å²) in [6.45, 7) is 8.44. The van der Waals surface area contributed by atoms with Crippen LogP contribution in [0.2, 0.25) is 0 Å². The van der Waals surface area contributed by atoms with Gasteiger partial charge in [-0.1, -0.05) is 42.5 Å². The summed E-state index contributed by atoms with van der Waals surface area (Å²) in [5.41, 5.74) is 8.97. The molecule has 0 aliphatic rings. The third-order valence-electron chi connectivity index (χ3n) is 5.12. The number of hydrogen-bond acceptors (Lipinski definition) is 3. The topological polar surface area (TPSA) is 54.4 Å². The highest BCUT2D eigenvalue weighted by Crippen LogP contribution is 2.28. The van der Waals surface area contributed by atoms with Crippen molar-refractivity contribution >= 4 is 23.0 Å². The second-order valence-electron chi connectivity index (χ2n) is 7.81. The fourth-order valence-electron chi connectivity index (χ4n) is 3.83. The van der Waals surface area contributed by atoms with Crippen LogP contribution < -0.4 is 10.6 Å². The molecule has 1 aromatic heterocycles. The SMILES string of the molecule is Cc1cc(C)cc(Nc2ncc(-c3c(C)cccc3C)nc2[NH2+]c2ccccc2)c1. The Bertz CT molecular complexity index is 1140. The monoisotopic (exact) mass is 395 g/mol. The number of aromatic nitrogens is 2. The number of nitrogens with two attached hydrogens (primary N) is 1. The van der Waals surface area contributed by atoms with Gasteiger partial charge in [-0.25, -0.2) is 4.98 Å². The van der Waals surface area contributed by atoms with E-state index in [1.807, 2.05) is 24.4 Å². The van der Waals surface area contributed by atoms with Crippen LogP contribution in [0.3, 0.4) is 0 Å². The first-order valence-corrected chi connectivity index (χ1v) is 10.2. The highest BCUT2D eigenvalue weighted by molar-refractivity contribution is 5.71. The summed E-state index contributed by atoms with van der Waals surface area (Å²) in [5.74, 6) is 1.57. The van der Waals surface area contributed by atoms with E-state index in [1.165, 1.54) is 22.3 Å². The molecule has 0 unspecified atom stereocenters. The summed E-state index contributed by atoms with van der Waals surface area (Å²) in [6.07, 6.45) is 1.86. The maximum absolute atomic E-state index is 5.02. The molecule has 4 nitrogen and oxygen atoms in total. The van der Waals surface area contributed by atoms with Gasteiger partial charge in [0.25, 0.3) is 5.82 Å². The van der Waals surface area contributed by atoms with E-state index in [0.717, 1.165) is 34.3 Å². The van der Waals surface area contributed by atoms with E-state index in [9.17, 15) is 0 Å². The second-order valence-corrected chi connectivity index (χ2v) is 7.81. The van der Waals surface area contributed by atoms with Crippen molar-refractivity contribution in [3.63, 3.8) is 0 Å². The van der Waals surface area contributed by atoms with Crippen LogP contribution >= 0.6 is 0 Å². The van der Waals surface area contributed by atoms with Crippen LogP contribution in [0.4, 0.5) is 23.0 Å². The zero-order valence-electron chi connectivity index (χ0n) is 17.9. The summed E-state index contributed by atoms with van der Waals surface area (Å²) in [5, 5.41) is 5.56. The molecule has 1 heterocycles. The largest absolute Gasteiger partial charge is 0.334 e. The number of hydrogen-bond donors (Lipinski definition) is 2. The molecule has 3 aromatic carbocycles. The predicted molar refractivity (Wildman–Crippen MR) is 124 cm³/mol. The molecule has 0 aliphatic heterocycles. The van der Waals surface area contributed by atoms with Gasteiger partial charge in [-0.05, 0) is 74.2 Å². The van der Waals surface area contributed by atoms with Gasteiger partial charge in [0, 0.05) is 11.3 Å². The minimum atomic E-state index is 0.749. The van der Waals surface area contributed by atoms with Gasteiger partial charge in [-0.2, -0.15) is 4.98 Å². The van der Waals surface area contributed by atoms with Crippen molar-refractivity contribution in [3.8, 4) is 11.3 Å². The number of nitrogens with one attached hydrogen (secondary N) is 1. The summed E-state index contributed by atoms with van der Waals surface area (Å²) in [7, 11) is 0. The van der Waals surface area contributed by atoms with Crippen molar-refractivity contribution in [3.05, 3.63) is 95.2 Å². The Balaban J connectivity index is 1.79. The number of aryl methyl sites for hydroxylation is 4. The van der Waals surface area contributed by atoms with Crippen molar-refractivity contribution in [2.75, 3.05) is 5.32 Å². The Hall–Kier alpha value is -3.50. The Morgan fingerprint density at radius 2 is 1.43 bits per heavy atom. The molecular weight excluding hydrogens is 368 g/mol. The Kier molecular flexibility index (Phi) is 5.59. The van der Waals surface area contributed by atoms with E-state index in [-0.39, 0.29) is 0 Å². The molecule has 150 valence electrons. The normalized spacial score (nSPS) is 10.8. The lowest BCUT2D eigenvalue weighted by Gasteiger charge is -2.13. The molecule has 4 rings (SSSR count). The second kappa shape index (κ2) is 8.47. The van der Waals surface area contributed by atoms with Crippen molar-refractivity contribution in [1.82, 2.24) is 9.97 Å². The Labute approximate surface area is 178 Å². The van der Waals surface area contributed by atoms with Crippen LogP contribution in [0.25, 0.3) is 11.3 Å². The maximum Gasteiger partial charge on any atom is 0.273 e. The van der Waals surface area contributed by atoms with Crippen molar-refractivity contribution in [2.45, 2.75) is 27.7 Å². The van der Waals surface area contributed by atoms with E-state index < -0.39 is 0 Å². The van der Waals surface area contributed by atoms with Crippen LogP contribution in [-0.2, 0) is 0 Å². The van der Waals surface area contributed by atoms with E-state index in [0.29, 0.717) is 0 Å². The van der Waals surface area contributed by atoms with Crippen LogP contribution in [0, 0.1) is 27.7 Å². The van der Waals surface area contributed by atoms with E-state index in [4.69, 9.17) is 9.97 Å². The van der Waals surface area contributed by atoms with Crippen LogP contribution in [-0.4, -0.2) is 9.97 Å². The maximum atomic E-state index is 5.02. The van der Waals surface area contributed by atoms with Gasteiger partial charge in [0.2, 0.25) is 5.82 Å². The molecule has 0 radical (unpaired) electrons. The molecule has 0 saturated carbocycles. The smallest absolute Gasteiger partial charge is 0.273 e. The number of quaternary nitrogens is 1. The van der Waals surface area contributed by atoms with Gasteiger partial charge < -0.3 is 5.32 Å². The average molecular weight is 396 g/mol. The van der Waals surface area contributed by atoms with E-state index in [2.05, 4.69) is 86.9 Å². The standard InChI is InChI=1S/C26H26N4/c1-17-13-18(2)15-22(14-17)29-25-26(28-21-11-6-5-7-12-21)30-23(16-27-25)24-19(3)9-8-10-20(24)4/h5-16H,1-4H3,(H,27,29)(H,28,30)/p+1. The highest BCUT2D eigenvalue weighted by Gasteiger charge is 2.16. The molecule has 0 spiro atoms. The highest BCUT2D eigenvalue weighted by atomic mass is 15.1. The molecule has 0 aliphatic carbocycles. The summed E-state index contributed by atoms with van der Waals surface area (Å²) >= 11 is 0. The van der Waals surface area contributed by atoms with E-state index >= 15 is 0 Å². The molecule has 4 aromatic rings. The van der Waals surface area contributed by atoms with Crippen LogP contribution in [0.15, 0.2) is 72.9 Å². The van der Waals surface area contributed by atoms with Crippen molar-refractivity contribution in [2.24, 2.45) is 0 Å². The molecule has 0 amide bonds. The van der Waals surface area contributed by atoms with Gasteiger partial charge in [0.05, 0.1) is 11.9 Å². The lowest BCUT2D eigenvalue weighted by atomic mass is 10.0. The number of benzene rings is 3. The minimum Gasteiger partial charge on any atom is -0.334 e. The number of nitrogens with zero attached hydrogens (tertiary/aromatic N) is 2. The fourth-order valence-corrected chi connectivity index (χ4v) is 3.83. The van der Waals surface area contributed by atoms with Crippen molar-refractivity contribution in [1.29, 1.82) is 0 Å². The summed E-state index contributed by atoms with van der Waals surface area (Å²) < 4.78 is 0. The first kappa shape index (κ1) is 19.8. The van der Waals surface area contributed by atoms with Crippen LogP contribution in [0.5, 0.6) is 0 Å². The molecule has 30 heavy (non-hydrogen) atoms. The summed E-state index contributed by atoms with van der Waals surface area (Å²) in [6, 6.07) is 23.0. The quantitative estimate of drug-likeness (QED) is 0.430. The Morgan fingerprint density at radius 3 is 2.10 bits per heavy atom. The van der Waals surface area contributed by atoms with Gasteiger partial charge in [-0.3, -0.25) is 5.32 Å². The minimum absolute atomic E-state index is 0.749. The fraction of sp³-hybridized carbons (Fsp3) is 0.154. The third kappa shape index (κ3) is 4.39. The predicted octanol–water partition coefficient (Wildman–Crippen LogP) is 5.65. The number of anilines is 2. The van der Waals surface area contributed by atoms with E-state index in [1.54, 1.807) is 0 Å². The summed E-state index contributed by atoms with van der Waals surface area (Å²) in [4.78, 5) is 9.80. The zero-order chi connectivity index (χ0) is 21.1. The molecular formula is C26H27N4+. The molecule has 0 bridgehead atoms. The Morgan fingerprint density at radius 1 is 0.767 bits per heavy atom. The van der Waals surface area contributed by atoms with Crippen LogP contribution in [0.1, 0.15) is 22.3 Å².